The minimum Gasteiger partial charge on any atom is -0.324 e. The molecular weight excluding hydrogens is 314 g/mol. The number of amides is 1. The maximum absolute atomic E-state index is 12.4. The molecule has 1 heterocycles. The van der Waals surface area contributed by atoms with Crippen LogP contribution in [-0.4, -0.2) is 20.9 Å². The highest BCUT2D eigenvalue weighted by Gasteiger charge is 2.17. The van der Waals surface area contributed by atoms with Crippen molar-refractivity contribution in [2.45, 2.75) is 19.9 Å². The maximum Gasteiger partial charge on any atom is 0.249 e. The number of carbonyl (C=O) groups excluding carboxylic acids is 1. The Morgan fingerprint density at radius 1 is 1.24 bits per heavy atom. The maximum atomic E-state index is 12.4. The van der Waals surface area contributed by atoms with Gasteiger partial charge in [0.1, 0.15) is 11.7 Å². The van der Waals surface area contributed by atoms with Gasteiger partial charge in [-0.3, -0.25) is 4.79 Å². The van der Waals surface area contributed by atoms with Gasteiger partial charge in [0.25, 0.3) is 0 Å². The Kier molecular flexibility index (Phi) is 4.57. The van der Waals surface area contributed by atoms with Crippen LogP contribution in [0.1, 0.15) is 24.1 Å². The number of carbonyl (C=O) groups is 1. The molecule has 0 radical (unpaired) electrons. The van der Waals surface area contributed by atoms with E-state index in [-0.39, 0.29) is 5.91 Å². The molecule has 0 fully saturated rings. The van der Waals surface area contributed by atoms with E-state index in [1.165, 1.54) is 10.2 Å². The predicted molar refractivity (Wildman–Crippen MR) is 94.7 cm³/mol. The van der Waals surface area contributed by atoms with Crippen molar-refractivity contribution in [2.24, 2.45) is 0 Å². The van der Waals surface area contributed by atoms with Gasteiger partial charge in [-0.1, -0.05) is 41.1 Å². The minimum atomic E-state index is -0.530. The zero-order chi connectivity index (χ0) is 17.8. The Labute approximate surface area is 145 Å². The second kappa shape index (κ2) is 6.97. The molecule has 25 heavy (non-hydrogen) atoms. The lowest BCUT2D eigenvalue weighted by Gasteiger charge is -2.12. The van der Waals surface area contributed by atoms with Crippen molar-refractivity contribution in [3.63, 3.8) is 0 Å². The fourth-order valence-corrected chi connectivity index (χ4v) is 2.36. The molecular formula is C19H17N5O. The summed E-state index contributed by atoms with van der Waals surface area (Å²) in [7, 11) is 0. The Hall–Kier alpha value is -3.46. The summed E-state index contributed by atoms with van der Waals surface area (Å²) < 4.78 is 1.53. The molecule has 0 aliphatic rings. The van der Waals surface area contributed by atoms with Crippen molar-refractivity contribution >= 4 is 11.6 Å². The number of hydrogen-bond acceptors (Lipinski definition) is 4. The van der Waals surface area contributed by atoms with Gasteiger partial charge in [0.15, 0.2) is 0 Å². The molecule has 0 aliphatic carbocycles. The summed E-state index contributed by atoms with van der Waals surface area (Å²) in [6, 6.07) is 16.3. The van der Waals surface area contributed by atoms with E-state index in [0.29, 0.717) is 16.9 Å². The van der Waals surface area contributed by atoms with E-state index >= 15 is 0 Å². The summed E-state index contributed by atoms with van der Waals surface area (Å²) in [6.07, 6.45) is 1.75. The Morgan fingerprint density at radius 3 is 2.72 bits per heavy atom. The third-order valence-corrected chi connectivity index (χ3v) is 3.89. The highest BCUT2D eigenvalue weighted by atomic mass is 16.2. The lowest BCUT2D eigenvalue weighted by atomic mass is 10.1. The number of nitrogens with zero attached hydrogens (tertiary/aromatic N) is 4. The SMILES string of the molecule is Cc1ccc(-c2cn(C(C)C(=O)Nc3cccc(C#N)c3)nn2)cc1. The standard InChI is InChI=1S/C19H17N5O/c1-13-6-8-16(9-7-13)18-12-24(23-22-18)14(2)19(25)21-17-5-3-4-15(10-17)11-20/h3-10,12,14H,1-2H3,(H,21,25). The van der Waals surface area contributed by atoms with Crippen molar-refractivity contribution in [1.29, 1.82) is 5.26 Å². The van der Waals surface area contributed by atoms with Gasteiger partial charge in [-0.15, -0.1) is 5.10 Å². The van der Waals surface area contributed by atoms with Crippen LogP contribution in [0.5, 0.6) is 0 Å². The molecule has 124 valence electrons. The summed E-state index contributed by atoms with van der Waals surface area (Å²) in [5.41, 5.74) is 3.91. The number of aromatic nitrogens is 3. The summed E-state index contributed by atoms with van der Waals surface area (Å²) in [5.74, 6) is -0.226. The van der Waals surface area contributed by atoms with Crippen LogP contribution in [0.15, 0.2) is 54.7 Å². The normalized spacial score (nSPS) is 11.6. The topological polar surface area (TPSA) is 83.6 Å². The van der Waals surface area contributed by atoms with Crippen LogP contribution >= 0.6 is 0 Å². The van der Waals surface area contributed by atoms with Gasteiger partial charge in [-0.2, -0.15) is 5.26 Å². The second-order valence-corrected chi connectivity index (χ2v) is 5.81. The van der Waals surface area contributed by atoms with E-state index in [1.807, 2.05) is 37.3 Å². The van der Waals surface area contributed by atoms with Crippen LogP contribution < -0.4 is 5.32 Å². The average molecular weight is 331 g/mol. The summed E-state index contributed by atoms with van der Waals surface area (Å²) >= 11 is 0. The van der Waals surface area contributed by atoms with Crippen molar-refractivity contribution in [3.05, 3.63) is 65.9 Å². The highest BCUT2D eigenvalue weighted by molar-refractivity contribution is 5.93. The molecule has 0 bridgehead atoms. The monoisotopic (exact) mass is 331 g/mol. The smallest absolute Gasteiger partial charge is 0.249 e. The predicted octanol–water partition coefficient (Wildman–Crippen LogP) is 3.32. The largest absolute Gasteiger partial charge is 0.324 e. The fourth-order valence-electron chi connectivity index (χ4n) is 2.36. The molecule has 0 spiro atoms. The third kappa shape index (κ3) is 3.72. The van der Waals surface area contributed by atoms with Gasteiger partial charge in [0, 0.05) is 11.3 Å². The second-order valence-electron chi connectivity index (χ2n) is 5.81. The number of benzene rings is 2. The number of rotatable bonds is 4. The average Bonchev–Trinajstić information content (AvgIpc) is 3.12. The van der Waals surface area contributed by atoms with E-state index < -0.39 is 6.04 Å². The molecule has 0 aliphatic heterocycles. The number of nitrogens with one attached hydrogen (secondary N) is 1. The van der Waals surface area contributed by atoms with E-state index in [1.54, 1.807) is 37.4 Å². The molecule has 0 saturated carbocycles. The van der Waals surface area contributed by atoms with Crippen LogP contribution in [0.2, 0.25) is 0 Å². The lowest BCUT2D eigenvalue weighted by Crippen LogP contribution is -2.24. The van der Waals surface area contributed by atoms with Gasteiger partial charge in [0.2, 0.25) is 5.91 Å². The van der Waals surface area contributed by atoms with Crippen molar-refractivity contribution in [1.82, 2.24) is 15.0 Å². The Balaban J connectivity index is 1.74. The van der Waals surface area contributed by atoms with E-state index in [4.69, 9.17) is 5.26 Å². The van der Waals surface area contributed by atoms with Gasteiger partial charge in [-0.05, 0) is 32.0 Å². The number of nitriles is 1. The van der Waals surface area contributed by atoms with Crippen LogP contribution in [-0.2, 0) is 4.79 Å². The van der Waals surface area contributed by atoms with Crippen LogP contribution in [0.4, 0.5) is 5.69 Å². The molecule has 1 amide bonds. The van der Waals surface area contributed by atoms with Gasteiger partial charge in [-0.25, -0.2) is 4.68 Å². The molecule has 0 saturated heterocycles. The minimum absolute atomic E-state index is 0.226. The zero-order valence-electron chi connectivity index (χ0n) is 14.0. The quantitative estimate of drug-likeness (QED) is 0.795. The molecule has 1 N–H and O–H groups in total. The van der Waals surface area contributed by atoms with Gasteiger partial charge >= 0.3 is 0 Å². The van der Waals surface area contributed by atoms with Crippen molar-refractivity contribution in [2.75, 3.05) is 5.32 Å². The molecule has 2 aromatic carbocycles. The molecule has 6 nitrogen and oxygen atoms in total. The highest BCUT2D eigenvalue weighted by Crippen LogP contribution is 2.19. The van der Waals surface area contributed by atoms with Gasteiger partial charge in [0.05, 0.1) is 17.8 Å². The van der Waals surface area contributed by atoms with Crippen LogP contribution in [0.25, 0.3) is 11.3 Å². The molecule has 1 unspecified atom stereocenters. The molecule has 1 atom stereocenters. The van der Waals surface area contributed by atoms with E-state index in [9.17, 15) is 4.79 Å². The first-order valence-corrected chi connectivity index (χ1v) is 7.87. The third-order valence-electron chi connectivity index (χ3n) is 3.89. The molecule has 3 rings (SSSR count). The van der Waals surface area contributed by atoms with Crippen molar-refractivity contribution < 1.29 is 4.79 Å². The number of anilines is 1. The van der Waals surface area contributed by atoms with Crippen LogP contribution in [0, 0.1) is 18.3 Å². The Morgan fingerprint density at radius 2 is 2.00 bits per heavy atom. The van der Waals surface area contributed by atoms with Gasteiger partial charge < -0.3 is 5.32 Å². The van der Waals surface area contributed by atoms with Crippen LogP contribution in [0.3, 0.4) is 0 Å². The van der Waals surface area contributed by atoms with E-state index in [2.05, 4.69) is 15.6 Å². The Bertz CT molecular complexity index is 937. The lowest BCUT2D eigenvalue weighted by molar-refractivity contribution is -0.119. The first kappa shape index (κ1) is 16.4. The zero-order valence-corrected chi connectivity index (χ0v) is 14.0. The number of hydrogen-bond donors (Lipinski definition) is 1. The fraction of sp³-hybridized carbons (Fsp3) is 0.158. The summed E-state index contributed by atoms with van der Waals surface area (Å²) in [6.45, 7) is 3.77. The summed E-state index contributed by atoms with van der Waals surface area (Å²) in [4.78, 5) is 12.4. The van der Waals surface area contributed by atoms with E-state index in [0.717, 1.165) is 5.56 Å². The summed E-state index contributed by atoms with van der Waals surface area (Å²) in [5, 5.41) is 19.9. The first-order valence-electron chi connectivity index (χ1n) is 7.87. The molecule has 1 aromatic heterocycles. The molecule has 6 heteroatoms. The molecule has 3 aromatic rings. The van der Waals surface area contributed by atoms with Crippen molar-refractivity contribution in [3.8, 4) is 17.3 Å². The first-order chi connectivity index (χ1) is 12.1. The number of aryl methyl sites for hydroxylation is 1.